The highest BCUT2D eigenvalue weighted by atomic mass is 15.1. The molecule has 0 aliphatic heterocycles. The van der Waals surface area contributed by atoms with Gasteiger partial charge in [0.2, 0.25) is 0 Å². The van der Waals surface area contributed by atoms with Crippen LogP contribution in [0.4, 0.5) is 0 Å². The van der Waals surface area contributed by atoms with E-state index in [1.807, 2.05) is 0 Å². The average molecular weight is 234 g/mol. The lowest BCUT2D eigenvalue weighted by atomic mass is 9.95. The molecule has 1 unspecified atom stereocenters. The van der Waals surface area contributed by atoms with Crippen molar-refractivity contribution in [3.63, 3.8) is 0 Å². The fourth-order valence-corrected chi connectivity index (χ4v) is 2.39. The fourth-order valence-electron chi connectivity index (χ4n) is 2.39. The molecule has 0 saturated carbocycles. The van der Waals surface area contributed by atoms with Gasteiger partial charge in [0.15, 0.2) is 0 Å². The summed E-state index contributed by atoms with van der Waals surface area (Å²) in [6, 6.07) is 4.91. The van der Waals surface area contributed by atoms with Crippen LogP contribution in [0.25, 0.3) is 0 Å². The van der Waals surface area contributed by atoms with E-state index in [4.69, 9.17) is 5.73 Å². The molecule has 0 aliphatic rings. The fraction of sp³-hybridized carbons (Fsp3) is 0.600. The molecular formula is C15H26N2. The smallest absolute Gasteiger partial charge is 0.0470 e. The predicted octanol–water partition coefficient (Wildman–Crippen LogP) is 2.95. The van der Waals surface area contributed by atoms with Gasteiger partial charge < -0.3 is 5.73 Å². The minimum absolute atomic E-state index is 0.342. The molecule has 17 heavy (non-hydrogen) atoms. The molecule has 96 valence electrons. The van der Waals surface area contributed by atoms with Gasteiger partial charge in [-0.3, -0.25) is 4.90 Å². The highest BCUT2D eigenvalue weighted by Gasteiger charge is 2.17. The summed E-state index contributed by atoms with van der Waals surface area (Å²) >= 11 is 0. The molecule has 0 aliphatic carbocycles. The van der Waals surface area contributed by atoms with Crippen molar-refractivity contribution in [1.29, 1.82) is 0 Å². The summed E-state index contributed by atoms with van der Waals surface area (Å²) in [5.41, 5.74) is 11.4. The molecule has 0 heterocycles. The van der Waals surface area contributed by atoms with Crippen LogP contribution in [0.15, 0.2) is 12.1 Å². The van der Waals surface area contributed by atoms with Crippen LogP contribution in [-0.2, 0) is 0 Å². The summed E-state index contributed by atoms with van der Waals surface area (Å²) in [7, 11) is 2.16. The Hall–Kier alpha value is -0.860. The van der Waals surface area contributed by atoms with E-state index < -0.39 is 0 Å². The van der Waals surface area contributed by atoms with E-state index >= 15 is 0 Å². The zero-order valence-electron chi connectivity index (χ0n) is 11.9. The van der Waals surface area contributed by atoms with E-state index in [1.54, 1.807) is 0 Å². The quantitative estimate of drug-likeness (QED) is 0.848. The molecular weight excluding hydrogens is 208 g/mol. The lowest BCUT2D eigenvalue weighted by molar-refractivity contribution is 0.250. The highest BCUT2D eigenvalue weighted by molar-refractivity contribution is 5.38. The summed E-state index contributed by atoms with van der Waals surface area (Å²) in [6.45, 7) is 10.5. The summed E-state index contributed by atoms with van der Waals surface area (Å²) in [6.07, 6.45) is 1.16. The Labute approximate surface area is 106 Å². The van der Waals surface area contributed by atoms with Gasteiger partial charge in [0.25, 0.3) is 0 Å². The number of aryl methyl sites for hydroxylation is 3. The zero-order valence-corrected chi connectivity index (χ0v) is 11.9. The van der Waals surface area contributed by atoms with E-state index in [2.05, 4.69) is 51.8 Å². The van der Waals surface area contributed by atoms with Gasteiger partial charge in [-0.05, 0) is 63.0 Å². The minimum atomic E-state index is 0.342. The van der Waals surface area contributed by atoms with Gasteiger partial charge in [0.1, 0.15) is 0 Å². The first-order valence-electron chi connectivity index (χ1n) is 6.49. The summed E-state index contributed by atoms with van der Waals surface area (Å²) in [5, 5.41) is 0. The molecule has 0 fully saturated rings. The van der Waals surface area contributed by atoms with Crippen molar-refractivity contribution >= 4 is 0 Å². The van der Waals surface area contributed by atoms with Gasteiger partial charge in [-0.2, -0.15) is 0 Å². The van der Waals surface area contributed by atoms with E-state index in [1.165, 1.54) is 22.3 Å². The number of benzene rings is 1. The Morgan fingerprint density at radius 2 is 1.71 bits per heavy atom. The molecule has 2 N–H and O–H groups in total. The summed E-state index contributed by atoms with van der Waals surface area (Å²) in [4.78, 5) is 2.36. The molecule has 1 atom stereocenters. The number of nitrogens with zero attached hydrogens (tertiary/aromatic N) is 1. The first-order chi connectivity index (χ1) is 8.01. The molecule has 0 amide bonds. The third-order valence-electron chi connectivity index (χ3n) is 3.57. The van der Waals surface area contributed by atoms with Crippen molar-refractivity contribution in [2.24, 2.45) is 5.73 Å². The Bertz CT molecular complexity index is 371. The Kier molecular flexibility index (Phi) is 5.16. The zero-order chi connectivity index (χ0) is 13.0. The van der Waals surface area contributed by atoms with Gasteiger partial charge in [0.05, 0.1) is 0 Å². The van der Waals surface area contributed by atoms with Crippen LogP contribution in [-0.4, -0.2) is 25.0 Å². The first kappa shape index (κ1) is 14.2. The van der Waals surface area contributed by atoms with Crippen LogP contribution < -0.4 is 5.73 Å². The number of hydrogen-bond acceptors (Lipinski definition) is 2. The average Bonchev–Trinajstić information content (AvgIpc) is 2.26. The Morgan fingerprint density at radius 3 is 2.24 bits per heavy atom. The second-order valence-electron chi connectivity index (χ2n) is 5.03. The Morgan fingerprint density at radius 1 is 1.12 bits per heavy atom. The maximum atomic E-state index is 5.95. The standard InChI is InChI=1S/C15H26N2/c1-6-7-17(5)15(10-16)14-9-12(3)11(2)8-13(14)4/h8-9,15H,6-7,10,16H2,1-5H3. The van der Waals surface area contributed by atoms with Crippen LogP contribution in [0, 0.1) is 20.8 Å². The topological polar surface area (TPSA) is 29.3 Å². The van der Waals surface area contributed by atoms with Crippen molar-refractivity contribution in [1.82, 2.24) is 4.90 Å². The summed E-state index contributed by atoms with van der Waals surface area (Å²) in [5.74, 6) is 0. The number of likely N-dealkylation sites (N-methyl/N-ethyl adjacent to an activating group) is 1. The van der Waals surface area contributed by atoms with Gasteiger partial charge in [0, 0.05) is 12.6 Å². The second-order valence-corrected chi connectivity index (χ2v) is 5.03. The molecule has 0 spiro atoms. The number of rotatable bonds is 5. The van der Waals surface area contributed by atoms with E-state index in [9.17, 15) is 0 Å². The molecule has 2 heteroatoms. The third-order valence-corrected chi connectivity index (χ3v) is 3.57. The van der Waals surface area contributed by atoms with Crippen molar-refractivity contribution in [2.45, 2.75) is 40.2 Å². The minimum Gasteiger partial charge on any atom is -0.329 e. The van der Waals surface area contributed by atoms with Gasteiger partial charge in [-0.25, -0.2) is 0 Å². The lowest BCUT2D eigenvalue weighted by Gasteiger charge is -2.28. The predicted molar refractivity (Wildman–Crippen MR) is 75.4 cm³/mol. The molecule has 0 bridgehead atoms. The van der Waals surface area contributed by atoms with Crippen molar-refractivity contribution in [3.05, 3.63) is 34.4 Å². The van der Waals surface area contributed by atoms with Crippen molar-refractivity contribution in [2.75, 3.05) is 20.1 Å². The molecule has 1 rings (SSSR count). The van der Waals surface area contributed by atoms with Crippen LogP contribution >= 0.6 is 0 Å². The maximum absolute atomic E-state index is 5.95. The van der Waals surface area contributed by atoms with Crippen LogP contribution in [0.3, 0.4) is 0 Å². The van der Waals surface area contributed by atoms with Crippen LogP contribution in [0.2, 0.25) is 0 Å². The lowest BCUT2D eigenvalue weighted by Crippen LogP contribution is -2.31. The van der Waals surface area contributed by atoms with E-state index in [0.29, 0.717) is 12.6 Å². The first-order valence-corrected chi connectivity index (χ1v) is 6.49. The highest BCUT2D eigenvalue weighted by Crippen LogP contribution is 2.25. The normalized spacial score (nSPS) is 13.1. The third kappa shape index (κ3) is 3.30. The number of nitrogens with two attached hydrogens (primary N) is 1. The molecule has 0 saturated heterocycles. The molecule has 1 aromatic rings. The molecule has 0 aromatic heterocycles. The monoisotopic (exact) mass is 234 g/mol. The van der Waals surface area contributed by atoms with Gasteiger partial charge in [-0.15, -0.1) is 0 Å². The van der Waals surface area contributed by atoms with Crippen molar-refractivity contribution in [3.8, 4) is 0 Å². The van der Waals surface area contributed by atoms with Crippen molar-refractivity contribution < 1.29 is 0 Å². The van der Waals surface area contributed by atoms with Crippen LogP contribution in [0.5, 0.6) is 0 Å². The summed E-state index contributed by atoms with van der Waals surface area (Å²) < 4.78 is 0. The Balaban J connectivity index is 3.07. The second kappa shape index (κ2) is 6.18. The van der Waals surface area contributed by atoms with Crippen LogP contribution in [0.1, 0.15) is 41.6 Å². The SMILES string of the molecule is CCCN(C)C(CN)c1cc(C)c(C)cc1C. The maximum Gasteiger partial charge on any atom is 0.0470 e. The van der Waals surface area contributed by atoms with Gasteiger partial charge in [-0.1, -0.05) is 19.1 Å². The number of hydrogen-bond donors (Lipinski definition) is 1. The molecule has 1 aromatic carbocycles. The van der Waals surface area contributed by atoms with Gasteiger partial charge >= 0.3 is 0 Å². The molecule has 0 radical (unpaired) electrons. The van der Waals surface area contributed by atoms with E-state index in [-0.39, 0.29) is 0 Å². The molecule has 2 nitrogen and oxygen atoms in total. The van der Waals surface area contributed by atoms with E-state index in [0.717, 1.165) is 13.0 Å². The largest absolute Gasteiger partial charge is 0.329 e.